The Balaban J connectivity index is 1.60. The summed E-state index contributed by atoms with van der Waals surface area (Å²) >= 11 is 0. The first-order valence-electron chi connectivity index (χ1n) is 11.4. The first-order valence-corrected chi connectivity index (χ1v) is 12.8. The minimum atomic E-state index is -3.93. The molecule has 0 aromatic heterocycles. The zero-order valence-corrected chi connectivity index (χ0v) is 19.5. The first kappa shape index (κ1) is 21.0. The van der Waals surface area contributed by atoms with Gasteiger partial charge in [-0.15, -0.1) is 0 Å². The Morgan fingerprint density at radius 1 is 0.794 bits per heavy atom. The lowest BCUT2D eigenvalue weighted by atomic mass is 9.80. The summed E-state index contributed by atoms with van der Waals surface area (Å²) in [5.74, 6) is -0.539. The van der Waals surface area contributed by atoms with Crippen molar-refractivity contribution in [2.24, 2.45) is 0 Å². The average Bonchev–Trinajstić information content (AvgIpc) is 3.20. The number of benzene rings is 4. The van der Waals surface area contributed by atoms with Gasteiger partial charge in [-0.2, -0.15) is 4.31 Å². The Kier molecular flexibility index (Phi) is 4.80. The molecule has 4 nitrogen and oxygen atoms in total. The fourth-order valence-corrected chi connectivity index (χ4v) is 6.99. The van der Waals surface area contributed by atoms with Gasteiger partial charge in [-0.3, -0.25) is 4.79 Å². The number of sulfonamides is 1. The van der Waals surface area contributed by atoms with Crippen molar-refractivity contribution in [2.75, 3.05) is 0 Å². The molecule has 0 bridgehead atoms. The van der Waals surface area contributed by atoms with Crippen molar-refractivity contribution in [3.05, 3.63) is 125 Å². The van der Waals surface area contributed by atoms with Crippen molar-refractivity contribution in [1.29, 1.82) is 0 Å². The van der Waals surface area contributed by atoms with E-state index in [0.29, 0.717) is 5.56 Å². The molecule has 0 N–H and O–H groups in total. The molecule has 0 radical (unpaired) electrons. The summed E-state index contributed by atoms with van der Waals surface area (Å²) in [6.07, 6.45) is 0. The lowest BCUT2D eigenvalue weighted by molar-refractivity contribution is 0.0867. The van der Waals surface area contributed by atoms with E-state index < -0.39 is 16.1 Å². The Morgan fingerprint density at radius 2 is 1.47 bits per heavy atom. The molecule has 1 aliphatic heterocycles. The number of fused-ring (bicyclic) bond motifs is 3. The molecule has 0 amide bonds. The quantitative estimate of drug-likeness (QED) is 0.371. The van der Waals surface area contributed by atoms with Crippen molar-refractivity contribution in [3.8, 4) is 11.1 Å². The van der Waals surface area contributed by atoms with Crippen LogP contribution in [0.25, 0.3) is 11.1 Å². The number of rotatable bonds is 4. The number of hydrogen-bond donors (Lipinski definition) is 0. The van der Waals surface area contributed by atoms with Gasteiger partial charge < -0.3 is 0 Å². The molecular weight excluding hydrogens is 442 g/mol. The minimum Gasteiger partial charge on any atom is -0.292 e. The topological polar surface area (TPSA) is 54.5 Å². The van der Waals surface area contributed by atoms with E-state index >= 15 is 0 Å². The second kappa shape index (κ2) is 7.76. The third-order valence-corrected chi connectivity index (χ3v) is 8.84. The monoisotopic (exact) mass is 465 g/mol. The number of aryl methyl sites for hydroxylation is 1. The smallest absolute Gasteiger partial charge is 0.244 e. The number of nitrogens with zero attached hydrogens (tertiary/aromatic N) is 1. The Hall–Kier alpha value is -3.54. The van der Waals surface area contributed by atoms with Crippen LogP contribution in [0.4, 0.5) is 0 Å². The van der Waals surface area contributed by atoms with E-state index in [1.807, 2.05) is 55.5 Å². The van der Waals surface area contributed by atoms with Gasteiger partial charge in [-0.05, 0) is 46.9 Å². The van der Waals surface area contributed by atoms with Crippen molar-refractivity contribution >= 4 is 15.8 Å². The van der Waals surface area contributed by atoms with Crippen molar-refractivity contribution in [2.45, 2.75) is 30.3 Å². The highest BCUT2D eigenvalue weighted by Crippen LogP contribution is 2.52. The normalized spacial score (nSPS) is 18.9. The Labute approximate surface area is 199 Å². The Morgan fingerprint density at radius 3 is 2.24 bits per heavy atom. The maximum absolute atomic E-state index is 14.0. The number of carbonyl (C=O) groups is 1. The molecule has 6 rings (SSSR count). The van der Waals surface area contributed by atoms with E-state index in [4.69, 9.17) is 0 Å². The number of ketones is 1. The van der Waals surface area contributed by atoms with Gasteiger partial charge in [-0.25, -0.2) is 8.42 Å². The van der Waals surface area contributed by atoms with Gasteiger partial charge in [0.15, 0.2) is 5.78 Å². The summed E-state index contributed by atoms with van der Waals surface area (Å²) < 4.78 is 29.5. The largest absolute Gasteiger partial charge is 0.292 e. The van der Waals surface area contributed by atoms with E-state index in [1.165, 1.54) is 4.31 Å². The summed E-state index contributed by atoms with van der Waals surface area (Å²) in [5, 5.41) is 0. The van der Waals surface area contributed by atoms with E-state index in [9.17, 15) is 13.2 Å². The minimum absolute atomic E-state index is 0.160. The lowest BCUT2D eigenvalue weighted by Gasteiger charge is -2.39. The van der Waals surface area contributed by atoms with E-state index in [1.54, 1.807) is 36.4 Å². The van der Waals surface area contributed by atoms with E-state index in [-0.39, 0.29) is 23.1 Å². The second-order valence-corrected chi connectivity index (χ2v) is 10.9. The van der Waals surface area contributed by atoms with Crippen molar-refractivity contribution in [1.82, 2.24) is 4.31 Å². The average molecular weight is 466 g/mol. The lowest BCUT2D eigenvalue weighted by Crippen LogP contribution is -2.50. The van der Waals surface area contributed by atoms with Crippen LogP contribution in [0.15, 0.2) is 102 Å². The predicted molar refractivity (Wildman–Crippen MR) is 132 cm³/mol. The van der Waals surface area contributed by atoms with E-state index in [2.05, 4.69) is 12.1 Å². The van der Waals surface area contributed by atoms with E-state index in [0.717, 1.165) is 33.4 Å². The van der Waals surface area contributed by atoms with Crippen LogP contribution in [-0.4, -0.2) is 24.5 Å². The molecule has 2 aliphatic rings. The molecule has 1 aliphatic carbocycles. The van der Waals surface area contributed by atoms with Gasteiger partial charge >= 0.3 is 0 Å². The van der Waals surface area contributed by atoms with Crippen LogP contribution in [0.3, 0.4) is 0 Å². The van der Waals surface area contributed by atoms with Gasteiger partial charge in [0.25, 0.3) is 0 Å². The highest BCUT2D eigenvalue weighted by Gasteiger charge is 2.49. The van der Waals surface area contributed by atoms with Gasteiger partial charge in [-0.1, -0.05) is 90.5 Å². The zero-order valence-electron chi connectivity index (χ0n) is 18.7. The summed E-state index contributed by atoms with van der Waals surface area (Å²) in [5.41, 5.74) is 6.69. The molecule has 4 aromatic carbocycles. The summed E-state index contributed by atoms with van der Waals surface area (Å²) in [7, 11) is -3.93. The molecule has 0 fully saturated rings. The molecule has 5 heteroatoms. The predicted octanol–water partition coefficient (Wildman–Crippen LogP) is 5.56. The molecule has 34 heavy (non-hydrogen) atoms. The molecule has 2 unspecified atom stereocenters. The van der Waals surface area contributed by atoms with Gasteiger partial charge in [0.1, 0.15) is 0 Å². The zero-order chi connectivity index (χ0) is 23.4. The second-order valence-electron chi connectivity index (χ2n) is 8.98. The van der Waals surface area contributed by atoms with Crippen LogP contribution in [-0.2, 0) is 16.6 Å². The van der Waals surface area contributed by atoms with Gasteiger partial charge in [0.2, 0.25) is 10.0 Å². The fourth-order valence-electron chi connectivity index (χ4n) is 5.42. The molecule has 0 spiro atoms. The van der Waals surface area contributed by atoms with Crippen molar-refractivity contribution in [3.63, 3.8) is 0 Å². The summed E-state index contributed by atoms with van der Waals surface area (Å²) in [6.45, 7) is 2.08. The molecule has 0 saturated heterocycles. The molecule has 4 aromatic rings. The third kappa shape index (κ3) is 3.08. The van der Waals surface area contributed by atoms with Crippen LogP contribution in [0, 0.1) is 6.92 Å². The van der Waals surface area contributed by atoms with Crippen LogP contribution in [0.5, 0.6) is 0 Å². The number of Topliss-reactive ketones (excluding diaryl/α,β-unsaturated/α-hetero) is 1. The molecular formula is C29H23NO3S. The number of hydrogen-bond acceptors (Lipinski definition) is 3. The number of carbonyl (C=O) groups excluding carboxylic acids is 1. The standard InChI is InChI=1S/C29H23NO3S/c1-19-14-16-22(17-15-19)34(32,33)30-18-21-10-7-13-24-23-11-5-6-12-25(23)27(26(21)24)28(30)29(31)20-8-3-2-4-9-20/h2-17,27-28H,18H2,1H3. The first-order chi connectivity index (χ1) is 16.5. The third-order valence-electron chi connectivity index (χ3n) is 7.00. The molecule has 2 atom stereocenters. The van der Waals surface area contributed by atoms with Crippen LogP contribution < -0.4 is 0 Å². The van der Waals surface area contributed by atoms with Crippen LogP contribution in [0.1, 0.15) is 38.5 Å². The fraction of sp³-hybridized carbons (Fsp3) is 0.138. The van der Waals surface area contributed by atoms with Crippen LogP contribution in [0.2, 0.25) is 0 Å². The van der Waals surface area contributed by atoms with Crippen LogP contribution >= 0.6 is 0 Å². The van der Waals surface area contributed by atoms with Gasteiger partial charge in [0, 0.05) is 18.0 Å². The molecule has 0 saturated carbocycles. The van der Waals surface area contributed by atoms with Crippen molar-refractivity contribution < 1.29 is 13.2 Å². The highest BCUT2D eigenvalue weighted by molar-refractivity contribution is 7.89. The maximum atomic E-state index is 14.0. The maximum Gasteiger partial charge on any atom is 0.244 e. The summed E-state index contributed by atoms with van der Waals surface area (Å²) in [6, 6.07) is 29.1. The molecule has 168 valence electrons. The molecule has 1 heterocycles. The highest BCUT2D eigenvalue weighted by atomic mass is 32.2. The SMILES string of the molecule is Cc1ccc(S(=O)(=O)N2Cc3cccc4c3C(c3ccccc3-4)C2C(=O)c2ccccc2)cc1. The summed E-state index contributed by atoms with van der Waals surface area (Å²) in [4.78, 5) is 14.3. The Bertz CT molecular complexity index is 1530. The van der Waals surface area contributed by atoms with Gasteiger partial charge in [0.05, 0.1) is 10.9 Å².